The van der Waals surface area contributed by atoms with Gasteiger partial charge >= 0.3 is 0 Å². The number of aromatic nitrogens is 3. The van der Waals surface area contributed by atoms with Crippen molar-refractivity contribution in [3.05, 3.63) is 52.1 Å². The van der Waals surface area contributed by atoms with Gasteiger partial charge in [0, 0.05) is 31.1 Å². The van der Waals surface area contributed by atoms with Crippen LogP contribution in [0.4, 0.5) is 5.69 Å². The number of nitrogen functional groups attached to an aromatic ring is 1. The number of aryl methyl sites for hydroxylation is 1. The van der Waals surface area contributed by atoms with Crippen molar-refractivity contribution < 1.29 is 9.59 Å². The van der Waals surface area contributed by atoms with E-state index in [9.17, 15) is 9.59 Å². The number of anilines is 1. The zero-order valence-corrected chi connectivity index (χ0v) is 18.4. The van der Waals surface area contributed by atoms with Gasteiger partial charge in [-0.25, -0.2) is 4.98 Å². The van der Waals surface area contributed by atoms with Crippen molar-refractivity contribution >= 4 is 28.8 Å². The lowest BCUT2D eigenvalue weighted by Crippen LogP contribution is -2.45. The van der Waals surface area contributed by atoms with E-state index >= 15 is 0 Å². The molecule has 1 aromatic carbocycles. The van der Waals surface area contributed by atoms with E-state index in [2.05, 4.69) is 21.5 Å². The second-order valence-electron chi connectivity index (χ2n) is 7.70. The smallest absolute Gasteiger partial charge is 0.274 e. The highest BCUT2D eigenvalue weighted by atomic mass is 32.1. The SMILES string of the molecule is Cn1ncc(N)c1C(=O)N1CCC[C@H](C(=O)NCc2nc(-c3ccc(C#N)cc3)cs2)C1. The molecular weight excluding hydrogens is 426 g/mol. The number of nitrogens with two attached hydrogens (primary N) is 1. The molecule has 2 aromatic heterocycles. The number of thiazole rings is 1. The van der Waals surface area contributed by atoms with Crippen molar-refractivity contribution in [3.63, 3.8) is 0 Å². The Morgan fingerprint density at radius 1 is 1.34 bits per heavy atom. The van der Waals surface area contributed by atoms with Gasteiger partial charge in [0.1, 0.15) is 10.7 Å². The summed E-state index contributed by atoms with van der Waals surface area (Å²) in [6, 6.07) is 9.33. The fourth-order valence-corrected chi connectivity index (χ4v) is 4.53. The van der Waals surface area contributed by atoms with Crippen LogP contribution in [-0.4, -0.2) is 44.6 Å². The molecule has 3 N–H and O–H groups in total. The maximum atomic E-state index is 12.9. The molecule has 0 unspecified atom stereocenters. The van der Waals surface area contributed by atoms with Crippen molar-refractivity contribution in [2.75, 3.05) is 18.8 Å². The second-order valence-corrected chi connectivity index (χ2v) is 8.64. The monoisotopic (exact) mass is 449 g/mol. The molecule has 1 fully saturated rings. The Kier molecular flexibility index (Phi) is 6.18. The molecular formula is C22H23N7O2S. The van der Waals surface area contributed by atoms with Crippen LogP contribution in [0.2, 0.25) is 0 Å². The zero-order valence-electron chi connectivity index (χ0n) is 17.6. The summed E-state index contributed by atoms with van der Waals surface area (Å²) in [6.07, 6.45) is 2.94. The summed E-state index contributed by atoms with van der Waals surface area (Å²) < 4.78 is 1.47. The van der Waals surface area contributed by atoms with E-state index in [1.165, 1.54) is 22.2 Å². The molecule has 3 aromatic rings. The Labute approximate surface area is 189 Å². The number of amides is 2. The standard InChI is InChI=1S/C22H23N7O2S/c1-28-20(17(24)10-26-28)22(31)29-8-2-3-16(12-29)21(30)25-11-19-27-18(13-32-19)15-6-4-14(9-23)5-7-15/h4-7,10,13,16H,2-3,8,11-12,24H2,1H3,(H,25,30)/t16-/m0/s1. The summed E-state index contributed by atoms with van der Waals surface area (Å²) >= 11 is 1.47. The largest absolute Gasteiger partial charge is 0.396 e. The molecule has 1 atom stereocenters. The third kappa shape index (κ3) is 4.48. The minimum absolute atomic E-state index is 0.0874. The predicted molar refractivity (Wildman–Crippen MR) is 120 cm³/mol. The molecule has 3 heterocycles. The highest BCUT2D eigenvalue weighted by Gasteiger charge is 2.30. The number of carbonyl (C=O) groups excluding carboxylic acids is 2. The summed E-state index contributed by atoms with van der Waals surface area (Å²) in [4.78, 5) is 31.9. The first-order valence-electron chi connectivity index (χ1n) is 10.3. The zero-order chi connectivity index (χ0) is 22.7. The third-order valence-corrected chi connectivity index (χ3v) is 6.37. The van der Waals surface area contributed by atoms with Crippen LogP contribution in [0.1, 0.15) is 33.9 Å². The summed E-state index contributed by atoms with van der Waals surface area (Å²) in [7, 11) is 1.68. The summed E-state index contributed by atoms with van der Waals surface area (Å²) in [5.74, 6) is -0.567. The van der Waals surface area contributed by atoms with Crippen LogP contribution in [0.15, 0.2) is 35.8 Å². The first-order valence-corrected chi connectivity index (χ1v) is 11.1. The van der Waals surface area contributed by atoms with E-state index in [4.69, 9.17) is 11.0 Å². The van der Waals surface area contributed by atoms with Crippen molar-refractivity contribution in [2.45, 2.75) is 19.4 Å². The normalized spacial score (nSPS) is 15.9. The van der Waals surface area contributed by atoms with Crippen LogP contribution >= 0.6 is 11.3 Å². The fourth-order valence-electron chi connectivity index (χ4n) is 3.79. The maximum absolute atomic E-state index is 12.9. The Balaban J connectivity index is 1.34. The third-order valence-electron chi connectivity index (χ3n) is 5.52. The van der Waals surface area contributed by atoms with E-state index in [0.717, 1.165) is 29.1 Å². The molecule has 32 heavy (non-hydrogen) atoms. The Morgan fingerprint density at radius 2 is 2.12 bits per heavy atom. The predicted octanol–water partition coefficient (Wildman–Crippen LogP) is 2.17. The van der Waals surface area contributed by atoms with Gasteiger partial charge in [0.25, 0.3) is 5.91 Å². The summed E-state index contributed by atoms with van der Waals surface area (Å²) in [5.41, 5.74) is 8.91. The van der Waals surface area contributed by atoms with Crippen LogP contribution in [0.5, 0.6) is 0 Å². The van der Waals surface area contributed by atoms with Gasteiger partial charge in [-0.2, -0.15) is 10.4 Å². The molecule has 1 saturated heterocycles. The molecule has 1 aliphatic rings. The Bertz CT molecular complexity index is 1160. The first kappa shape index (κ1) is 21.5. The minimum Gasteiger partial charge on any atom is -0.396 e. The van der Waals surface area contributed by atoms with E-state index < -0.39 is 0 Å². The summed E-state index contributed by atoms with van der Waals surface area (Å²) in [6.45, 7) is 1.27. The number of benzene rings is 1. The van der Waals surface area contributed by atoms with E-state index in [-0.39, 0.29) is 17.7 Å². The average Bonchev–Trinajstić information content (AvgIpc) is 3.43. The molecule has 0 saturated carbocycles. The van der Waals surface area contributed by atoms with Gasteiger partial charge in [-0.05, 0) is 25.0 Å². The van der Waals surface area contributed by atoms with Crippen molar-refractivity contribution in [3.8, 4) is 17.3 Å². The molecule has 9 nitrogen and oxygen atoms in total. The van der Waals surface area contributed by atoms with Crippen LogP contribution in [0, 0.1) is 17.2 Å². The number of piperidine rings is 1. The van der Waals surface area contributed by atoms with Gasteiger partial charge in [0.05, 0.1) is 41.7 Å². The second kappa shape index (κ2) is 9.20. The highest BCUT2D eigenvalue weighted by molar-refractivity contribution is 7.09. The molecule has 0 radical (unpaired) electrons. The number of rotatable bonds is 5. The Hall–Kier alpha value is -3.71. The highest BCUT2D eigenvalue weighted by Crippen LogP contribution is 2.23. The van der Waals surface area contributed by atoms with Crippen LogP contribution in [-0.2, 0) is 18.4 Å². The number of hydrogen-bond acceptors (Lipinski definition) is 7. The van der Waals surface area contributed by atoms with E-state index in [1.54, 1.807) is 24.1 Å². The number of nitrogens with one attached hydrogen (secondary N) is 1. The number of nitriles is 1. The molecule has 164 valence electrons. The van der Waals surface area contributed by atoms with Gasteiger partial charge in [-0.1, -0.05) is 12.1 Å². The molecule has 1 aliphatic heterocycles. The maximum Gasteiger partial charge on any atom is 0.274 e. The molecule has 0 aliphatic carbocycles. The number of carbonyl (C=O) groups is 2. The van der Waals surface area contributed by atoms with E-state index in [1.807, 2.05) is 17.5 Å². The van der Waals surface area contributed by atoms with Gasteiger partial charge in [-0.15, -0.1) is 11.3 Å². The minimum atomic E-state index is -0.278. The van der Waals surface area contributed by atoms with Crippen molar-refractivity contribution in [1.82, 2.24) is 25.0 Å². The molecule has 2 amide bonds. The lowest BCUT2D eigenvalue weighted by Gasteiger charge is -2.32. The van der Waals surface area contributed by atoms with Gasteiger partial charge < -0.3 is 16.0 Å². The van der Waals surface area contributed by atoms with Crippen LogP contribution in [0.25, 0.3) is 11.3 Å². The van der Waals surface area contributed by atoms with Gasteiger partial charge in [0.15, 0.2) is 0 Å². The van der Waals surface area contributed by atoms with Gasteiger partial charge in [0.2, 0.25) is 5.91 Å². The average molecular weight is 450 g/mol. The quantitative estimate of drug-likeness (QED) is 0.614. The van der Waals surface area contributed by atoms with E-state index in [0.29, 0.717) is 36.6 Å². The lowest BCUT2D eigenvalue weighted by atomic mass is 9.97. The molecule has 4 rings (SSSR count). The van der Waals surface area contributed by atoms with Crippen molar-refractivity contribution in [1.29, 1.82) is 5.26 Å². The summed E-state index contributed by atoms with van der Waals surface area (Å²) in [5, 5.41) is 18.6. The Morgan fingerprint density at radius 3 is 2.81 bits per heavy atom. The molecule has 0 bridgehead atoms. The fraction of sp³-hybridized carbons (Fsp3) is 0.318. The number of nitrogens with zero attached hydrogens (tertiary/aromatic N) is 5. The lowest BCUT2D eigenvalue weighted by molar-refractivity contribution is -0.126. The van der Waals surface area contributed by atoms with Crippen LogP contribution in [0.3, 0.4) is 0 Å². The van der Waals surface area contributed by atoms with Crippen molar-refractivity contribution in [2.24, 2.45) is 13.0 Å². The molecule has 10 heteroatoms. The first-order chi connectivity index (χ1) is 15.5. The van der Waals surface area contributed by atoms with Gasteiger partial charge in [-0.3, -0.25) is 14.3 Å². The van der Waals surface area contributed by atoms with Crippen LogP contribution < -0.4 is 11.1 Å². The molecule has 0 spiro atoms. The number of likely N-dealkylation sites (tertiary alicyclic amines) is 1. The number of hydrogen-bond donors (Lipinski definition) is 2. The topological polar surface area (TPSA) is 130 Å².